The second-order valence-corrected chi connectivity index (χ2v) is 3.82. The first-order valence-corrected chi connectivity index (χ1v) is 6.14. The van der Waals surface area contributed by atoms with Crippen LogP contribution in [0.4, 0.5) is 0 Å². The highest BCUT2D eigenvalue weighted by atomic mass is 16.2. The molecular weight excluding hydrogens is 204 g/mol. The van der Waals surface area contributed by atoms with Crippen molar-refractivity contribution >= 4 is 11.7 Å². The monoisotopic (exact) mass is 228 g/mol. The van der Waals surface area contributed by atoms with Crippen LogP contribution >= 0.6 is 0 Å². The number of carbonyl (C=O) groups is 2. The quantitative estimate of drug-likeness (QED) is 0.645. The van der Waals surface area contributed by atoms with Crippen molar-refractivity contribution in [3.05, 3.63) is 0 Å². The molecule has 4 nitrogen and oxygen atoms in total. The number of nitrogens with zero attached hydrogens (tertiary/aromatic N) is 1. The predicted octanol–water partition coefficient (Wildman–Crippen LogP) is 1.20. The van der Waals surface area contributed by atoms with Gasteiger partial charge in [-0.1, -0.05) is 13.8 Å². The highest BCUT2D eigenvalue weighted by Crippen LogP contribution is 1.98. The summed E-state index contributed by atoms with van der Waals surface area (Å²) in [5.74, 6) is 0.361. The molecule has 0 aliphatic rings. The Balaban J connectivity index is 3.74. The molecule has 0 aromatic heterocycles. The highest BCUT2D eigenvalue weighted by Gasteiger charge is 2.08. The number of amides is 1. The molecular formula is C12H24N2O2. The molecule has 0 radical (unpaired) electrons. The summed E-state index contributed by atoms with van der Waals surface area (Å²) < 4.78 is 0. The number of rotatable bonds is 9. The Bertz CT molecular complexity index is 217. The average Bonchev–Trinajstić information content (AvgIpc) is 2.27. The maximum Gasteiger partial charge on any atom is 0.234 e. The van der Waals surface area contributed by atoms with Crippen LogP contribution in [0.3, 0.4) is 0 Å². The van der Waals surface area contributed by atoms with Crippen molar-refractivity contribution in [1.29, 1.82) is 0 Å². The smallest absolute Gasteiger partial charge is 0.234 e. The van der Waals surface area contributed by atoms with Gasteiger partial charge >= 0.3 is 0 Å². The molecule has 0 saturated carbocycles. The fraction of sp³-hybridized carbons (Fsp3) is 0.833. The Morgan fingerprint density at radius 3 is 2.38 bits per heavy atom. The number of hydrogen-bond acceptors (Lipinski definition) is 3. The molecule has 0 atom stereocenters. The summed E-state index contributed by atoms with van der Waals surface area (Å²) >= 11 is 0. The molecule has 0 aromatic carbocycles. The average molecular weight is 228 g/mol. The Morgan fingerprint density at radius 1 is 1.19 bits per heavy atom. The molecule has 0 fully saturated rings. The summed E-state index contributed by atoms with van der Waals surface area (Å²) in [5, 5.41) is 2.77. The summed E-state index contributed by atoms with van der Waals surface area (Å²) in [6.45, 7) is 8.59. The van der Waals surface area contributed by atoms with Crippen molar-refractivity contribution in [2.75, 3.05) is 26.2 Å². The van der Waals surface area contributed by atoms with E-state index in [2.05, 4.69) is 10.2 Å². The van der Waals surface area contributed by atoms with Crippen LogP contribution in [-0.4, -0.2) is 42.8 Å². The predicted molar refractivity (Wildman–Crippen MR) is 65.3 cm³/mol. The molecule has 0 aliphatic heterocycles. The second kappa shape index (κ2) is 9.33. The summed E-state index contributed by atoms with van der Waals surface area (Å²) in [7, 11) is 0. The van der Waals surface area contributed by atoms with Crippen LogP contribution in [0, 0.1) is 0 Å². The number of carbonyl (C=O) groups excluding carboxylic acids is 2. The molecule has 16 heavy (non-hydrogen) atoms. The van der Waals surface area contributed by atoms with Crippen LogP contribution in [0.5, 0.6) is 0 Å². The van der Waals surface area contributed by atoms with Crippen LogP contribution in [0.25, 0.3) is 0 Å². The largest absolute Gasteiger partial charge is 0.355 e. The molecule has 0 aromatic rings. The van der Waals surface area contributed by atoms with E-state index in [-0.39, 0.29) is 5.91 Å². The SMILES string of the molecule is CCNC(=O)CN(CC)CCCC(=O)CC. The Labute approximate surface area is 98.4 Å². The summed E-state index contributed by atoms with van der Waals surface area (Å²) in [4.78, 5) is 24.5. The molecule has 0 heterocycles. The van der Waals surface area contributed by atoms with Crippen LogP contribution in [0.2, 0.25) is 0 Å². The Hall–Kier alpha value is -0.900. The van der Waals surface area contributed by atoms with Crippen LogP contribution < -0.4 is 5.32 Å². The van der Waals surface area contributed by atoms with E-state index in [0.29, 0.717) is 31.7 Å². The van der Waals surface area contributed by atoms with Crippen molar-refractivity contribution < 1.29 is 9.59 Å². The molecule has 1 N–H and O–H groups in total. The number of likely N-dealkylation sites (N-methyl/N-ethyl adjacent to an activating group) is 2. The van der Waals surface area contributed by atoms with Gasteiger partial charge < -0.3 is 5.32 Å². The molecule has 4 heteroatoms. The fourth-order valence-corrected chi connectivity index (χ4v) is 1.48. The molecule has 0 unspecified atom stereocenters. The number of Topliss-reactive ketones (excluding diaryl/α,β-unsaturated/α-hetero) is 1. The van der Waals surface area contributed by atoms with Crippen molar-refractivity contribution in [3.8, 4) is 0 Å². The van der Waals surface area contributed by atoms with E-state index < -0.39 is 0 Å². The van der Waals surface area contributed by atoms with Gasteiger partial charge in [-0.15, -0.1) is 0 Å². The summed E-state index contributed by atoms with van der Waals surface area (Å²) in [6, 6.07) is 0. The topological polar surface area (TPSA) is 49.4 Å². The third kappa shape index (κ3) is 7.40. The van der Waals surface area contributed by atoms with E-state index in [9.17, 15) is 9.59 Å². The zero-order valence-corrected chi connectivity index (χ0v) is 10.7. The van der Waals surface area contributed by atoms with E-state index in [1.807, 2.05) is 20.8 Å². The maximum atomic E-state index is 11.3. The Kier molecular flexibility index (Phi) is 8.81. The van der Waals surface area contributed by atoms with Crippen molar-refractivity contribution in [2.24, 2.45) is 0 Å². The normalized spacial score (nSPS) is 10.5. The molecule has 0 aliphatic carbocycles. The van der Waals surface area contributed by atoms with Gasteiger partial charge in [0.15, 0.2) is 0 Å². The zero-order chi connectivity index (χ0) is 12.4. The van der Waals surface area contributed by atoms with Crippen LogP contribution in [0.15, 0.2) is 0 Å². The molecule has 0 bridgehead atoms. The lowest BCUT2D eigenvalue weighted by atomic mass is 10.2. The van der Waals surface area contributed by atoms with Gasteiger partial charge in [0.25, 0.3) is 0 Å². The number of ketones is 1. The second-order valence-electron chi connectivity index (χ2n) is 3.82. The van der Waals surface area contributed by atoms with Gasteiger partial charge in [-0.05, 0) is 26.4 Å². The minimum atomic E-state index is 0.0613. The van der Waals surface area contributed by atoms with Gasteiger partial charge in [0.2, 0.25) is 5.91 Å². The van der Waals surface area contributed by atoms with Crippen LogP contribution in [0.1, 0.15) is 40.0 Å². The lowest BCUT2D eigenvalue weighted by Gasteiger charge is -2.19. The molecule has 0 rings (SSSR count). The van der Waals surface area contributed by atoms with E-state index in [1.165, 1.54) is 0 Å². The first kappa shape index (κ1) is 15.1. The zero-order valence-electron chi connectivity index (χ0n) is 10.7. The fourth-order valence-electron chi connectivity index (χ4n) is 1.48. The van der Waals surface area contributed by atoms with Crippen molar-refractivity contribution in [1.82, 2.24) is 10.2 Å². The molecule has 1 amide bonds. The minimum absolute atomic E-state index is 0.0613. The lowest BCUT2D eigenvalue weighted by Crippen LogP contribution is -2.37. The third-order valence-corrected chi connectivity index (χ3v) is 2.51. The highest BCUT2D eigenvalue weighted by molar-refractivity contribution is 5.78. The lowest BCUT2D eigenvalue weighted by molar-refractivity contribution is -0.122. The minimum Gasteiger partial charge on any atom is -0.355 e. The Morgan fingerprint density at radius 2 is 1.88 bits per heavy atom. The first-order chi connectivity index (χ1) is 7.63. The van der Waals surface area contributed by atoms with Gasteiger partial charge in [0.1, 0.15) is 5.78 Å². The summed E-state index contributed by atoms with van der Waals surface area (Å²) in [5.41, 5.74) is 0. The molecule has 0 spiro atoms. The van der Waals surface area contributed by atoms with E-state index in [0.717, 1.165) is 19.5 Å². The van der Waals surface area contributed by atoms with Gasteiger partial charge in [-0.2, -0.15) is 0 Å². The molecule has 94 valence electrons. The van der Waals surface area contributed by atoms with Crippen LogP contribution in [-0.2, 0) is 9.59 Å². The number of nitrogens with one attached hydrogen (secondary N) is 1. The standard InChI is InChI=1S/C12H24N2O2/c1-4-11(15)8-7-9-14(6-3)10-12(16)13-5-2/h4-10H2,1-3H3,(H,13,16). The first-order valence-electron chi connectivity index (χ1n) is 6.14. The van der Waals surface area contributed by atoms with Gasteiger partial charge in [-0.3, -0.25) is 14.5 Å². The summed E-state index contributed by atoms with van der Waals surface area (Å²) in [6.07, 6.45) is 2.09. The van der Waals surface area contributed by atoms with E-state index in [1.54, 1.807) is 0 Å². The third-order valence-electron chi connectivity index (χ3n) is 2.51. The van der Waals surface area contributed by atoms with Crippen molar-refractivity contribution in [2.45, 2.75) is 40.0 Å². The maximum absolute atomic E-state index is 11.3. The van der Waals surface area contributed by atoms with Gasteiger partial charge in [-0.25, -0.2) is 0 Å². The number of hydrogen-bond donors (Lipinski definition) is 1. The van der Waals surface area contributed by atoms with Gasteiger partial charge in [0, 0.05) is 19.4 Å². The van der Waals surface area contributed by atoms with Crippen molar-refractivity contribution in [3.63, 3.8) is 0 Å². The van der Waals surface area contributed by atoms with E-state index >= 15 is 0 Å². The van der Waals surface area contributed by atoms with Gasteiger partial charge in [0.05, 0.1) is 6.54 Å². The van der Waals surface area contributed by atoms with E-state index in [4.69, 9.17) is 0 Å². The molecule has 0 saturated heterocycles.